The van der Waals surface area contributed by atoms with Crippen LogP contribution in [0.15, 0.2) is 42.5 Å². The van der Waals surface area contributed by atoms with Gasteiger partial charge in [0.05, 0.1) is 0 Å². The maximum absolute atomic E-state index is 14.2. The van der Waals surface area contributed by atoms with Gasteiger partial charge in [0.2, 0.25) is 5.78 Å². The van der Waals surface area contributed by atoms with Gasteiger partial charge >= 0.3 is 0 Å². The Kier molecular flexibility index (Phi) is 2.67. The maximum Gasteiger partial charge on any atom is 0.203 e. The van der Waals surface area contributed by atoms with Gasteiger partial charge in [-0.3, -0.25) is 4.79 Å². The normalized spacial score (nSPS) is 25.1. The molecule has 0 saturated carbocycles. The standard InChI is InChI=1S/C13H13FO/c14-13(9-5-2-6-10-13)12(15)11-7-3-1-4-8-11/h1,3-5,7-9H,2,6,10H2. The largest absolute Gasteiger partial charge is 0.290 e. The van der Waals surface area contributed by atoms with Crippen LogP contribution in [-0.2, 0) is 0 Å². The third-order valence-electron chi connectivity index (χ3n) is 2.71. The van der Waals surface area contributed by atoms with E-state index in [4.69, 9.17) is 0 Å². The summed E-state index contributed by atoms with van der Waals surface area (Å²) in [6.45, 7) is 0. The lowest BCUT2D eigenvalue weighted by Crippen LogP contribution is -2.33. The Hall–Kier alpha value is -1.44. The number of rotatable bonds is 2. The van der Waals surface area contributed by atoms with Crippen LogP contribution in [-0.4, -0.2) is 11.5 Å². The number of Topliss-reactive ketones (excluding diaryl/α,β-unsaturated/α-hetero) is 1. The highest BCUT2D eigenvalue weighted by Crippen LogP contribution is 2.29. The Labute approximate surface area is 88.6 Å². The van der Waals surface area contributed by atoms with Crippen LogP contribution in [0.25, 0.3) is 0 Å². The third-order valence-corrected chi connectivity index (χ3v) is 2.71. The Morgan fingerprint density at radius 2 is 2.00 bits per heavy atom. The average molecular weight is 204 g/mol. The van der Waals surface area contributed by atoms with Crippen molar-refractivity contribution in [2.45, 2.75) is 24.9 Å². The molecule has 78 valence electrons. The minimum absolute atomic E-state index is 0.303. The molecule has 0 aromatic heterocycles. The molecule has 1 aliphatic rings. The molecule has 1 aliphatic carbocycles. The molecule has 0 bridgehead atoms. The lowest BCUT2D eigenvalue weighted by molar-refractivity contribution is 0.0751. The Bertz CT molecular complexity index is 383. The third kappa shape index (κ3) is 1.99. The Morgan fingerprint density at radius 1 is 1.27 bits per heavy atom. The van der Waals surface area contributed by atoms with Crippen LogP contribution in [0.5, 0.6) is 0 Å². The SMILES string of the molecule is O=C(c1ccccc1)C1(F)C=CCCC1. The van der Waals surface area contributed by atoms with Crippen molar-refractivity contribution in [3.8, 4) is 0 Å². The molecule has 1 unspecified atom stereocenters. The lowest BCUT2D eigenvalue weighted by Gasteiger charge is -2.23. The first-order chi connectivity index (χ1) is 7.22. The molecule has 0 N–H and O–H groups in total. The van der Waals surface area contributed by atoms with E-state index in [9.17, 15) is 9.18 Å². The molecule has 15 heavy (non-hydrogen) atoms. The highest BCUT2D eigenvalue weighted by molar-refractivity contribution is 6.03. The number of benzene rings is 1. The van der Waals surface area contributed by atoms with E-state index >= 15 is 0 Å². The van der Waals surface area contributed by atoms with Crippen LogP contribution in [0.3, 0.4) is 0 Å². The maximum atomic E-state index is 14.2. The smallest absolute Gasteiger partial charge is 0.203 e. The highest BCUT2D eigenvalue weighted by Gasteiger charge is 2.36. The van der Waals surface area contributed by atoms with Gasteiger partial charge in [0.15, 0.2) is 5.67 Å². The molecular weight excluding hydrogens is 191 g/mol. The quantitative estimate of drug-likeness (QED) is 0.533. The molecular formula is C13H13FO. The van der Waals surface area contributed by atoms with Crippen molar-refractivity contribution >= 4 is 5.78 Å². The summed E-state index contributed by atoms with van der Waals surface area (Å²) < 4.78 is 14.2. The fraction of sp³-hybridized carbons (Fsp3) is 0.308. The summed E-state index contributed by atoms with van der Waals surface area (Å²) in [5.41, 5.74) is -1.33. The molecule has 1 aromatic rings. The fourth-order valence-electron chi connectivity index (χ4n) is 1.85. The number of halogens is 1. The first kappa shape index (κ1) is 10.1. The second-order valence-corrected chi connectivity index (χ2v) is 3.85. The Balaban J connectivity index is 2.28. The van der Waals surface area contributed by atoms with E-state index in [1.807, 2.05) is 6.07 Å². The first-order valence-corrected chi connectivity index (χ1v) is 5.19. The van der Waals surface area contributed by atoms with Crippen LogP contribution in [0.4, 0.5) is 4.39 Å². The number of allylic oxidation sites excluding steroid dienone is 2. The van der Waals surface area contributed by atoms with Gasteiger partial charge in [-0.25, -0.2) is 4.39 Å². The molecule has 1 aromatic carbocycles. The van der Waals surface area contributed by atoms with Crippen molar-refractivity contribution in [1.82, 2.24) is 0 Å². The van der Waals surface area contributed by atoms with Crippen molar-refractivity contribution < 1.29 is 9.18 Å². The number of alkyl halides is 1. The summed E-state index contributed by atoms with van der Waals surface area (Å²) in [5, 5.41) is 0. The highest BCUT2D eigenvalue weighted by atomic mass is 19.1. The molecule has 0 radical (unpaired) electrons. The summed E-state index contributed by atoms with van der Waals surface area (Å²) in [7, 11) is 0. The molecule has 0 amide bonds. The monoisotopic (exact) mass is 204 g/mol. The molecule has 1 nitrogen and oxygen atoms in total. The minimum Gasteiger partial charge on any atom is -0.290 e. The second kappa shape index (κ2) is 3.97. The van der Waals surface area contributed by atoms with E-state index in [1.54, 1.807) is 30.3 Å². The van der Waals surface area contributed by atoms with Crippen molar-refractivity contribution in [2.75, 3.05) is 0 Å². The van der Waals surface area contributed by atoms with E-state index in [0.29, 0.717) is 12.0 Å². The van der Waals surface area contributed by atoms with Gasteiger partial charge in [-0.15, -0.1) is 0 Å². The zero-order valence-electron chi connectivity index (χ0n) is 8.45. The summed E-state index contributed by atoms with van der Waals surface area (Å²) in [6, 6.07) is 8.64. The van der Waals surface area contributed by atoms with Crippen LogP contribution >= 0.6 is 0 Å². The van der Waals surface area contributed by atoms with Crippen LogP contribution in [0, 0.1) is 0 Å². The molecule has 0 spiro atoms. The minimum atomic E-state index is -1.78. The van der Waals surface area contributed by atoms with Gasteiger partial charge in [0, 0.05) is 5.56 Å². The molecule has 1 atom stereocenters. The molecule has 0 fully saturated rings. The van der Waals surface area contributed by atoms with E-state index in [2.05, 4.69) is 0 Å². The first-order valence-electron chi connectivity index (χ1n) is 5.19. The molecule has 2 rings (SSSR count). The topological polar surface area (TPSA) is 17.1 Å². The number of ketones is 1. The lowest BCUT2D eigenvalue weighted by atomic mass is 9.86. The number of hydrogen-bond acceptors (Lipinski definition) is 1. The fourth-order valence-corrected chi connectivity index (χ4v) is 1.85. The van der Waals surface area contributed by atoms with E-state index in [0.717, 1.165) is 12.8 Å². The zero-order chi connectivity index (χ0) is 10.7. The van der Waals surface area contributed by atoms with E-state index in [-0.39, 0.29) is 0 Å². The average Bonchev–Trinajstić information content (AvgIpc) is 2.30. The zero-order valence-corrected chi connectivity index (χ0v) is 8.45. The van der Waals surface area contributed by atoms with Crippen molar-refractivity contribution in [3.63, 3.8) is 0 Å². The molecule has 2 heteroatoms. The van der Waals surface area contributed by atoms with Gasteiger partial charge in [0.25, 0.3) is 0 Å². The molecule has 0 saturated heterocycles. The van der Waals surface area contributed by atoms with Crippen molar-refractivity contribution in [2.24, 2.45) is 0 Å². The van der Waals surface area contributed by atoms with Crippen LogP contribution < -0.4 is 0 Å². The number of carbonyl (C=O) groups excluding carboxylic acids is 1. The van der Waals surface area contributed by atoms with Gasteiger partial charge < -0.3 is 0 Å². The number of hydrogen-bond donors (Lipinski definition) is 0. The van der Waals surface area contributed by atoms with Crippen molar-refractivity contribution in [1.29, 1.82) is 0 Å². The van der Waals surface area contributed by atoms with E-state index < -0.39 is 11.5 Å². The summed E-state index contributed by atoms with van der Waals surface area (Å²) >= 11 is 0. The van der Waals surface area contributed by atoms with Gasteiger partial charge in [-0.1, -0.05) is 36.4 Å². The summed E-state index contributed by atoms with van der Waals surface area (Å²) in [4.78, 5) is 11.9. The van der Waals surface area contributed by atoms with Gasteiger partial charge in [-0.05, 0) is 25.3 Å². The van der Waals surface area contributed by atoms with Gasteiger partial charge in [-0.2, -0.15) is 0 Å². The Morgan fingerprint density at radius 3 is 2.60 bits per heavy atom. The summed E-state index contributed by atoms with van der Waals surface area (Å²) in [5.74, 6) is -0.418. The van der Waals surface area contributed by atoms with E-state index in [1.165, 1.54) is 6.08 Å². The predicted molar refractivity (Wildman–Crippen MR) is 57.6 cm³/mol. The number of carbonyl (C=O) groups is 1. The second-order valence-electron chi connectivity index (χ2n) is 3.85. The van der Waals surface area contributed by atoms with Crippen molar-refractivity contribution in [3.05, 3.63) is 48.0 Å². The van der Waals surface area contributed by atoms with Crippen LogP contribution in [0.2, 0.25) is 0 Å². The molecule has 0 heterocycles. The summed E-state index contributed by atoms with van der Waals surface area (Å²) in [6.07, 6.45) is 5.08. The predicted octanol–water partition coefficient (Wildman–Crippen LogP) is 3.32. The van der Waals surface area contributed by atoms with Gasteiger partial charge in [0.1, 0.15) is 0 Å². The van der Waals surface area contributed by atoms with Crippen LogP contribution in [0.1, 0.15) is 29.6 Å². The molecule has 0 aliphatic heterocycles.